The molecule has 0 radical (unpaired) electrons. The highest BCUT2D eigenvalue weighted by molar-refractivity contribution is 9.10. The Morgan fingerprint density at radius 2 is 1.95 bits per heavy atom. The summed E-state index contributed by atoms with van der Waals surface area (Å²) in [4.78, 5) is 13.5. The highest BCUT2D eigenvalue weighted by Gasteiger charge is 2.12. The summed E-state index contributed by atoms with van der Waals surface area (Å²) < 4.78 is 19.4. The third-order valence-electron chi connectivity index (χ3n) is 3.00. The Morgan fingerprint density at radius 3 is 2.59 bits per heavy atom. The van der Waals surface area contributed by atoms with Crippen LogP contribution in [0.25, 0.3) is 0 Å². The smallest absolute Gasteiger partial charge is 0.260 e. The molecule has 1 amide bonds. The second-order valence-corrected chi connectivity index (χ2v) is 6.09. The number of carbonyl (C=O) groups excluding carboxylic acids is 1. The van der Waals surface area contributed by atoms with Crippen LogP contribution in [0.4, 0.5) is 4.39 Å². The zero-order chi connectivity index (χ0) is 16.1. The molecule has 116 valence electrons. The van der Waals surface area contributed by atoms with Crippen molar-refractivity contribution in [2.75, 3.05) is 13.7 Å². The van der Waals surface area contributed by atoms with E-state index in [1.54, 1.807) is 25.2 Å². The van der Waals surface area contributed by atoms with Gasteiger partial charge in [-0.25, -0.2) is 4.39 Å². The van der Waals surface area contributed by atoms with Crippen LogP contribution in [0.5, 0.6) is 5.75 Å². The second kappa shape index (κ2) is 7.61. The predicted molar refractivity (Wildman–Crippen MR) is 87.5 cm³/mol. The van der Waals surface area contributed by atoms with Gasteiger partial charge in [-0.1, -0.05) is 39.7 Å². The molecule has 2 rings (SSSR count). The molecule has 3 nitrogen and oxygen atoms in total. The van der Waals surface area contributed by atoms with Crippen molar-refractivity contribution in [3.8, 4) is 5.75 Å². The van der Waals surface area contributed by atoms with Gasteiger partial charge in [-0.3, -0.25) is 4.79 Å². The normalized spacial score (nSPS) is 10.4. The van der Waals surface area contributed by atoms with Gasteiger partial charge in [0.15, 0.2) is 18.2 Å². The summed E-state index contributed by atoms with van der Waals surface area (Å²) in [7, 11) is 1.66. The van der Waals surface area contributed by atoms with Crippen LogP contribution in [-0.2, 0) is 11.3 Å². The van der Waals surface area contributed by atoms with Gasteiger partial charge < -0.3 is 9.64 Å². The maximum absolute atomic E-state index is 13.6. The summed E-state index contributed by atoms with van der Waals surface area (Å²) in [5.74, 6) is -0.698. The number of hydrogen-bond donors (Lipinski definition) is 0. The number of amides is 1. The van der Waals surface area contributed by atoms with E-state index in [-0.39, 0.29) is 18.3 Å². The summed E-state index contributed by atoms with van der Waals surface area (Å²) in [5, 5.41) is 0.645. The van der Waals surface area contributed by atoms with Crippen molar-refractivity contribution in [1.29, 1.82) is 0 Å². The Balaban J connectivity index is 1.89. The number of nitrogens with zero attached hydrogens (tertiary/aromatic N) is 1. The number of rotatable bonds is 5. The Morgan fingerprint density at radius 1 is 1.27 bits per heavy atom. The van der Waals surface area contributed by atoms with Crippen molar-refractivity contribution in [2.45, 2.75) is 6.54 Å². The molecule has 6 heteroatoms. The van der Waals surface area contributed by atoms with E-state index >= 15 is 0 Å². The zero-order valence-electron chi connectivity index (χ0n) is 11.9. The van der Waals surface area contributed by atoms with Gasteiger partial charge in [-0.15, -0.1) is 0 Å². The summed E-state index contributed by atoms with van der Waals surface area (Å²) >= 11 is 8.98. The summed E-state index contributed by atoms with van der Waals surface area (Å²) in [6.07, 6.45) is 0. The molecule has 0 saturated heterocycles. The van der Waals surface area contributed by atoms with Gasteiger partial charge in [0.05, 0.1) is 0 Å². The molecule has 0 atom stereocenters. The lowest BCUT2D eigenvalue weighted by Crippen LogP contribution is -2.31. The van der Waals surface area contributed by atoms with Gasteiger partial charge in [-0.05, 0) is 35.9 Å². The van der Waals surface area contributed by atoms with Crippen molar-refractivity contribution in [3.63, 3.8) is 0 Å². The van der Waals surface area contributed by atoms with E-state index < -0.39 is 5.82 Å². The van der Waals surface area contributed by atoms with Gasteiger partial charge >= 0.3 is 0 Å². The molecule has 0 aliphatic heterocycles. The van der Waals surface area contributed by atoms with Gasteiger partial charge in [0.2, 0.25) is 0 Å². The number of likely N-dealkylation sites (N-methyl/N-ethyl adjacent to an activating group) is 1. The van der Waals surface area contributed by atoms with Crippen LogP contribution in [0.1, 0.15) is 5.56 Å². The van der Waals surface area contributed by atoms with Crippen molar-refractivity contribution < 1.29 is 13.9 Å². The first-order chi connectivity index (χ1) is 10.5. The van der Waals surface area contributed by atoms with Crippen LogP contribution in [0.2, 0.25) is 5.02 Å². The molecular formula is C16H14BrClFNO2. The SMILES string of the molecule is CN(Cc1ccc(Cl)cc1)C(=O)COc1ccc(Br)cc1F. The largest absolute Gasteiger partial charge is 0.481 e. The fourth-order valence-electron chi connectivity index (χ4n) is 1.79. The molecule has 0 N–H and O–H groups in total. The fraction of sp³-hybridized carbons (Fsp3) is 0.188. The lowest BCUT2D eigenvalue weighted by molar-refractivity contribution is -0.132. The Kier molecular flexibility index (Phi) is 5.80. The standard InChI is InChI=1S/C16H14BrClFNO2/c1-20(9-11-2-5-13(18)6-3-11)16(21)10-22-15-7-4-12(17)8-14(15)19/h2-8H,9-10H2,1H3. The van der Waals surface area contributed by atoms with Crippen LogP contribution in [0.3, 0.4) is 0 Å². The van der Waals surface area contributed by atoms with E-state index in [9.17, 15) is 9.18 Å². The molecule has 0 aliphatic carbocycles. The lowest BCUT2D eigenvalue weighted by Gasteiger charge is -2.17. The Hall–Kier alpha value is -1.59. The molecule has 0 bridgehead atoms. The van der Waals surface area contributed by atoms with Gasteiger partial charge in [0, 0.05) is 23.1 Å². The quantitative estimate of drug-likeness (QED) is 0.767. The average molecular weight is 387 g/mol. The van der Waals surface area contributed by atoms with Crippen molar-refractivity contribution in [2.24, 2.45) is 0 Å². The predicted octanol–water partition coefficient (Wildman–Crippen LogP) is 4.28. The molecule has 0 aliphatic rings. The van der Waals surface area contributed by atoms with Crippen molar-refractivity contribution >= 4 is 33.4 Å². The van der Waals surface area contributed by atoms with Gasteiger partial charge in [0.1, 0.15) is 0 Å². The van der Waals surface area contributed by atoms with E-state index in [0.29, 0.717) is 16.0 Å². The van der Waals surface area contributed by atoms with Crippen LogP contribution in [0, 0.1) is 5.82 Å². The van der Waals surface area contributed by atoms with Gasteiger partial charge in [0.25, 0.3) is 5.91 Å². The highest BCUT2D eigenvalue weighted by Crippen LogP contribution is 2.21. The van der Waals surface area contributed by atoms with Crippen molar-refractivity contribution in [3.05, 3.63) is 63.3 Å². The van der Waals surface area contributed by atoms with E-state index in [4.69, 9.17) is 16.3 Å². The van der Waals surface area contributed by atoms with E-state index in [2.05, 4.69) is 15.9 Å². The number of ether oxygens (including phenoxy) is 1. The van der Waals surface area contributed by atoms with E-state index in [1.807, 2.05) is 12.1 Å². The number of hydrogen-bond acceptors (Lipinski definition) is 2. The third-order valence-corrected chi connectivity index (χ3v) is 3.75. The van der Waals surface area contributed by atoms with Crippen LogP contribution in [-0.4, -0.2) is 24.5 Å². The van der Waals surface area contributed by atoms with E-state index in [0.717, 1.165) is 5.56 Å². The molecule has 0 saturated carbocycles. The fourth-order valence-corrected chi connectivity index (χ4v) is 2.25. The summed E-state index contributed by atoms with van der Waals surface area (Å²) in [6.45, 7) is 0.213. The maximum atomic E-state index is 13.6. The average Bonchev–Trinajstić information content (AvgIpc) is 2.48. The number of carbonyl (C=O) groups is 1. The molecule has 0 unspecified atom stereocenters. The van der Waals surface area contributed by atoms with Crippen LogP contribution < -0.4 is 4.74 Å². The van der Waals surface area contributed by atoms with Crippen LogP contribution >= 0.6 is 27.5 Å². The Bertz CT molecular complexity index is 664. The third kappa shape index (κ3) is 4.71. The van der Waals surface area contributed by atoms with Crippen LogP contribution in [0.15, 0.2) is 46.9 Å². The molecule has 0 aromatic heterocycles. The first-order valence-corrected chi connectivity index (χ1v) is 7.69. The maximum Gasteiger partial charge on any atom is 0.260 e. The molecule has 0 spiro atoms. The van der Waals surface area contributed by atoms with Gasteiger partial charge in [-0.2, -0.15) is 0 Å². The molecule has 2 aromatic carbocycles. The first-order valence-electron chi connectivity index (χ1n) is 6.52. The Labute approximate surface area is 141 Å². The summed E-state index contributed by atoms with van der Waals surface area (Å²) in [6, 6.07) is 11.7. The monoisotopic (exact) mass is 385 g/mol. The molecule has 0 fully saturated rings. The van der Waals surface area contributed by atoms with E-state index in [1.165, 1.54) is 17.0 Å². The molecule has 2 aromatic rings. The lowest BCUT2D eigenvalue weighted by atomic mass is 10.2. The minimum absolute atomic E-state index is 0.0523. The minimum atomic E-state index is -0.512. The number of benzene rings is 2. The topological polar surface area (TPSA) is 29.5 Å². The van der Waals surface area contributed by atoms with Crippen molar-refractivity contribution in [1.82, 2.24) is 4.90 Å². The number of halogens is 3. The zero-order valence-corrected chi connectivity index (χ0v) is 14.2. The molecular weight excluding hydrogens is 373 g/mol. The first kappa shape index (κ1) is 16.8. The highest BCUT2D eigenvalue weighted by atomic mass is 79.9. The molecule has 22 heavy (non-hydrogen) atoms. The molecule has 0 heterocycles. The second-order valence-electron chi connectivity index (χ2n) is 4.74. The summed E-state index contributed by atoms with van der Waals surface area (Å²) in [5.41, 5.74) is 0.954. The minimum Gasteiger partial charge on any atom is -0.481 e.